The number of fused-ring (bicyclic) bond motifs is 3. The third-order valence-electron chi connectivity index (χ3n) is 2.19. The number of hydrogen-bond donors (Lipinski definition) is 0. The lowest BCUT2D eigenvalue weighted by molar-refractivity contribution is -0.116. The van der Waals surface area contributed by atoms with Gasteiger partial charge in [-0.1, -0.05) is 0 Å². The summed E-state index contributed by atoms with van der Waals surface area (Å²) in [6.45, 7) is 0. The molecule has 0 saturated heterocycles. The highest BCUT2D eigenvalue weighted by Crippen LogP contribution is 2.09. The summed E-state index contributed by atoms with van der Waals surface area (Å²) in [5.74, 6) is -0.115. The Labute approximate surface area is 73.4 Å². The molecule has 0 aliphatic carbocycles. The van der Waals surface area contributed by atoms with Crippen molar-refractivity contribution in [2.45, 2.75) is 6.42 Å². The van der Waals surface area contributed by atoms with Crippen molar-refractivity contribution in [3.05, 3.63) is 34.4 Å². The second-order valence-electron chi connectivity index (χ2n) is 2.99. The zero-order chi connectivity index (χ0) is 8.84. The van der Waals surface area contributed by atoms with E-state index in [9.17, 15) is 4.79 Å². The van der Waals surface area contributed by atoms with Gasteiger partial charge in [0.15, 0.2) is 5.49 Å². The summed E-state index contributed by atoms with van der Waals surface area (Å²) >= 11 is 0. The molecule has 0 spiro atoms. The van der Waals surface area contributed by atoms with E-state index in [0.29, 0.717) is 11.9 Å². The zero-order valence-corrected chi connectivity index (χ0v) is 6.69. The molecule has 0 bridgehead atoms. The third kappa shape index (κ3) is 0.796. The summed E-state index contributed by atoms with van der Waals surface area (Å²) in [7, 11) is 0. The summed E-state index contributed by atoms with van der Waals surface area (Å²) < 4.78 is 0. The molecule has 0 aromatic carbocycles. The second kappa shape index (κ2) is 2.10. The Bertz CT molecular complexity index is 557. The molecule has 0 unspecified atom stereocenters. The number of nitrogens with zero attached hydrogens (tertiary/aromatic N) is 3. The summed E-state index contributed by atoms with van der Waals surface area (Å²) in [5.41, 5.74) is 2.48. The predicted molar refractivity (Wildman–Crippen MR) is 44.3 cm³/mol. The topological polar surface area (TPSA) is 54.7 Å². The number of hydrogen-bond acceptors (Lipinski definition) is 3. The summed E-state index contributed by atoms with van der Waals surface area (Å²) in [4.78, 5) is 23.0. The maximum absolute atomic E-state index is 11.0. The molecule has 0 N–H and O–H groups in total. The standard InChI is InChI=1S/C9H5N3O/c13-8-3-6-5-1-2-10-7(5)4-11-9(6)12-8/h1-2,4H,3H2. The highest BCUT2D eigenvalue weighted by Gasteiger charge is 2.18. The molecule has 0 atom stereocenters. The molecule has 2 aliphatic heterocycles. The van der Waals surface area contributed by atoms with E-state index >= 15 is 0 Å². The minimum absolute atomic E-state index is 0.115. The van der Waals surface area contributed by atoms with Crippen LogP contribution in [0.25, 0.3) is 6.08 Å². The van der Waals surface area contributed by atoms with Crippen LogP contribution in [0.3, 0.4) is 0 Å². The van der Waals surface area contributed by atoms with E-state index in [1.807, 2.05) is 6.08 Å². The Morgan fingerprint density at radius 2 is 2.31 bits per heavy atom. The fourth-order valence-electron chi connectivity index (χ4n) is 1.61. The highest BCUT2D eigenvalue weighted by atomic mass is 16.1. The number of carbonyl (C=O) groups is 1. The fourth-order valence-corrected chi connectivity index (χ4v) is 1.61. The third-order valence-corrected chi connectivity index (χ3v) is 2.19. The maximum Gasteiger partial charge on any atom is 0.252 e. The van der Waals surface area contributed by atoms with E-state index in [4.69, 9.17) is 0 Å². The largest absolute Gasteiger partial charge is 0.272 e. The first-order valence-corrected chi connectivity index (χ1v) is 3.98. The molecule has 3 heterocycles. The summed E-state index contributed by atoms with van der Waals surface area (Å²) in [5, 5.41) is 0.837. The van der Waals surface area contributed by atoms with Crippen LogP contribution >= 0.6 is 0 Å². The van der Waals surface area contributed by atoms with Crippen LogP contribution in [0.2, 0.25) is 0 Å². The van der Waals surface area contributed by atoms with Crippen molar-refractivity contribution in [1.29, 1.82) is 0 Å². The molecule has 3 rings (SSSR count). The Kier molecular flexibility index (Phi) is 1.07. The van der Waals surface area contributed by atoms with E-state index < -0.39 is 0 Å². The van der Waals surface area contributed by atoms with Crippen molar-refractivity contribution < 1.29 is 4.79 Å². The lowest BCUT2D eigenvalue weighted by Crippen LogP contribution is -2.19. The van der Waals surface area contributed by atoms with Crippen LogP contribution in [0, 0.1) is 0 Å². The molecular formula is C9H5N3O. The molecule has 4 nitrogen and oxygen atoms in total. The monoisotopic (exact) mass is 171 g/mol. The quantitative estimate of drug-likeness (QED) is 0.522. The number of rotatable bonds is 0. The van der Waals surface area contributed by atoms with Gasteiger partial charge >= 0.3 is 0 Å². The van der Waals surface area contributed by atoms with Gasteiger partial charge in [0.1, 0.15) is 0 Å². The van der Waals surface area contributed by atoms with Crippen LogP contribution in [0.4, 0.5) is 0 Å². The summed E-state index contributed by atoms with van der Waals surface area (Å²) in [6, 6.07) is 0. The first-order valence-electron chi connectivity index (χ1n) is 3.98. The Morgan fingerprint density at radius 1 is 1.38 bits per heavy atom. The van der Waals surface area contributed by atoms with Gasteiger partial charge in [-0.25, -0.2) is 4.98 Å². The fraction of sp³-hybridized carbons (Fsp3) is 0.111. The van der Waals surface area contributed by atoms with Crippen LogP contribution in [-0.2, 0) is 11.2 Å². The van der Waals surface area contributed by atoms with E-state index in [-0.39, 0.29) is 5.91 Å². The van der Waals surface area contributed by atoms with Crippen molar-refractivity contribution in [2.24, 2.45) is 9.98 Å². The van der Waals surface area contributed by atoms with Gasteiger partial charge in [-0.2, -0.15) is 4.99 Å². The molecule has 1 aromatic rings. The molecule has 0 fully saturated rings. The molecule has 1 amide bonds. The molecule has 0 radical (unpaired) electrons. The van der Waals surface area contributed by atoms with Crippen molar-refractivity contribution in [2.75, 3.05) is 0 Å². The molecule has 0 saturated carbocycles. The number of pyridine rings is 1. The first kappa shape index (κ1) is 6.65. The second-order valence-corrected chi connectivity index (χ2v) is 2.99. The number of aromatic nitrogens is 1. The van der Waals surface area contributed by atoms with Crippen molar-refractivity contribution in [3.63, 3.8) is 0 Å². The Morgan fingerprint density at radius 3 is 3.23 bits per heavy atom. The summed E-state index contributed by atoms with van der Waals surface area (Å²) in [6.07, 6.45) is 5.63. The van der Waals surface area contributed by atoms with Gasteiger partial charge in [-0.3, -0.25) is 9.79 Å². The van der Waals surface area contributed by atoms with Gasteiger partial charge in [-0.15, -0.1) is 0 Å². The van der Waals surface area contributed by atoms with Gasteiger partial charge in [0.25, 0.3) is 5.91 Å². The van der Waals surface area contributed by atoms with Crippen LogP contribution < -0.4 is 10.8 Å². The molecule has 1 aromatic heterocycles. The normalized spacial score (nSPS) is 16.5. The molecule has 13 heavy (non-hydrogen) atoms. The van der Waals surface area contributed by atoms with Gasteiger partial charge in [0, 0.05) is 17.3 Å². The maximum atomic E-state index is 11.0. The lowest BCUT2D eigenvalue weighted by atomic mass is 10.1. The number of carbonyl (C=O) groups excluding carboxylic acids is 1. The average molecular weight is 171 g/mol. The minimum Gasteiger partial charge on any atom is -0.272 e. The Hall–Kier alpha value is -1.84. The molecule has 62 valence electrons. The molecular weight excluding hydrogens is 166 g/mol. The van der Waals surface area contributed by atoms with Crippen molar-refractivity contribution in [3.8, 4) is 0 Å². The van der Waals surface area contributed by atoms with Crippen molar-refractivity contribution in [1.82, 2.24) is 4.98 Å². The van der Waals surface area contributed by atoms with E-state index in [0.717, 1.165) is 16.5 Å². The Balaban J connectivity index is 2.46. The first-order chi connectivity index (χ1) is 6.34. The van der Waals surface area contributed by atoms with Gasteiger partial charge in [-0.05, 0) is 6.08 Å². The highest BCUT2D eigenvalue weighted by molar-refractivity contribution is 5.83. The van der Waals surface area contributed by atoms with Crippen LogP contribution in [-0.4, -0.2) is 10.9 Å². The van der Waals surface area contributed by atoms with Gasteiger partial charge in [0.05, 0.1) is 18.0 Å². The molecule has 2 aliphatic rings. The average Bonchev–Trinajstić information content (AvgIpc) is 2.65. The van der Waals surface area contributed by atoms with Gasteiger partial charge in [0.2, 0.25) is 0 Å². The SMILES string of the molecule is O=C1Cc2c3c(cnc2=N1)=NC=C3. The van der Waals surface area contributed by atoms with E-state index in [1.165, 1.54) is 0 Å². The van der Waals surface area contributed by atoms with Crippen LogP contribution in [0.5, 0.6) is 0 Å². The van der Waals surface area contributed by atoms with Gasteiger partial charge < -0.3 is 0 Å². The zero-order valence-electron chi connectivity index (χ0n) is 6.69. The van der Waals surface area contributed by atoms with Crippen LogP contribution in [0.1, 0.15) is 11.1 Å². The van der Waals surface area contributed by atoms with Crippen molar-refractivity contribution >= 4 is 12.0 Å². The smallest absolute Gasteiger partial charge is 0.252 e. The molecule has 4 heteroatoms. The predicted octanol–water partition coefficient (Wildman–Crippen LogP) is -0.612. The van der Waals surface area contributed by atoms with Crippen LogP contribution in [0.15, 0.2) is 22.4 Å². The van der Waals surface area contributed by atoms with E-state index in [1.54, 1.807) is 12.4 Å². The lowest BCUT2D eigenvalue weighted by Gasteiger charge is -1.94. The minimum atomic E-state index is -0.115. The number of amides is 1. The van der Waals surface area contributed by atoms with E-state index in [2.05, 4.69) is 15.0 Å².